The largest absolute Gasteiger partial charge is 0.372 e. The van der Waals surface area contributed by atoms with E-state index in [0.717, 1.165) is 22.5 Å². The molecule has 1 amide bonds. The maximum absolute atomic E-state index is 12.8. The van der Waals surface area contributed by atoms with Crippen molar-refractivity contribution in [2.45, 2.75) is 19.8 Å². The number of carbonyl (C=O) groups is 1. The molecule has 4 aromatic rings. The fraction of sp³-hybridized carbons (Fsp3) is 0.167. The van der Waals surface area contributed by atoms with Crippen LogP contribution in [-0.4, -0.2) is 20.3 Å². The number of carbonyl (C=O) groups excluding carboxylic acids is 1. The summed E-state index contributed by atoms with van der Waals surface area (Å²) in [5, 5.41) is 7.23. The average molecular weight is 400 g/mol. The van der Waals surface area contributed by atoms with Gasteiger partial charge in [-0.25, -0.2) is 0 Å². The maximum atomic E-state index is 12.8. The third-order valence-electron chi connectivity index (χ3n) is 4.83. The molecule has 0 bridgehead atoms. The number of hydrogen-bond donors (Lipinski definition) is 1. The van der Waals surface area contributed by atoms with E-state index in [1.807, 2.05) is 84.7 Å². The van der Waals surface area contributed by atoms with Crippen LogP contribution in [0, 0.1) is 0 Å². The van der Waals surface area contributed by atoms with Crippen LogP contribution in [-0.2, 0) is 31.5 Å². The molecule has 6 nitrogen and oxygen atoms in total. The Morgan fingerprint density at radius 3 is 2.43 bits per heavy atom. The highest BCUT2D eigenvalue weighted by Crippen LogP contribution is 2.14. The van der Waals surface area contributed by atoms with Gasteiger partial charge in [-0.2, -0.15) is 5.10 Å². The minimum atomic E-state index is -0.155. The minimum Gasteiger partial charge on any atom is -0.372 e. The van der Waals surface area contributed by atoms with Crippen LogP contribution in [0.4, 0.5) is 0 Å². The highest BCUT2D eigenvalue weighted by Gasteiger charge is 2.17. The lowest BCUT2D eigenvalue weighted by Crippen LogP contribution is -2.24. The summed E-state index contributed by atoms with van der Waals surface area (Å²) in [5.74, 6) is 0.582. The van der Waals surface area contributed by atoms with Gasteiger partial charge >= 0.3 is 0 Å². The molecule has 0 spiro atoms. The molecule has 2 heterocycles. The normalized spacial score (nSPS) is 10.8. The van der Waals surface area contributed by atoms with Crippen LogP contribution in [0.1, 0.15) is 27.0 Å². The van der Waals surface area contributed by atoms with Gasteiger partial charge in [-0.3, -0.25) is 9.48 Å². The zero-order valence-electron chi connectivity index (χ0n) is 16.9. The second-order valence-corrected chi connectivity index (χ2v) is 7.08. The summed E-state index contributed by atoms with van der Waals surface area (Å²) >= 11 is 0. The van der Waals surface area contributed by atoms with Gasteiger partial charge in [0.2, 0.25) is 0 Å². The van der Waals surface area contributed by atoms with Crippen molar-refractivity contribution in [3.63, 3.8) is 0 Å². The lowest BCUT2D eigenvalue weighted by molar-refractivity contribution is 0.0950. The molecule has 4 rings (SSSR count). The highest BCUT2D eigenvalue weighted by atomic mass is 16.5. The third-order valence-corrected chi connectivity index (χ3v) is 4.83. The van der Waals surface area contributed by atoms with Gasteiger partial charge in [0, 0.05) is 26.0 Å². The Balaban J connectivity index is 1.35. The molecule has 6 heteroatoms. The number of ether oxygens (including phenoxy) is 1. The number of rotatable bonds is 8. The topological polar surface area (TPSA) is 61.1 Å². The van der Waals surface area contributed by atoms with E-state index in [4.69, 9.17) is 4.74 Å². The summed E-state index contributed by atoms with van der Waals surface area (Å²) in [6.07, 6.45) is 5.39. The van der Waals surface area contributed by atoms with Crippen LogP contribution in [0.15, 0.2) is 85.3 Å². The fourth-order valence-electron chi connectivity index (χ4n) is 3.34. The molecule has 0 aliphatic carbocycles. The van der Waals surface area contributed by atoms with Crippen LogP contribution in [0.2, 0.25) is 0 Å². The van der Waals surface area contributed by atoms with E-state index in [1.54, 1.807) is 10.9 Å². The number of aryl methyl sites for hydroxylation is 1. The summed E-state index contributed by atoms with van der Waals surface area (Å²) in [5.41, 5.74) is 3.79. The van der Waals surface area contributed by atoms with Crippen molar-refractivity contribution in [3.05, 3.63) is 108 Å². The van der Waals surface area contributed by atoms with Gasteiger partial charge in [-0.05, 0) is 28.8 Å². The Kier molecular flexibility index (Phi) is 6.06. The second-order valence-electron chi connectivity index (χ2n) is 7.08. The molecule has 0 saturated carbocycles. The molecule has 30 heavy (non-hydrogen) atoms. The van der Waals surface area contributed by atoms with Crippen LogP contribution in [0.3, 0.4) is 0 Å². The molecule has 0 aliphatic rings. The Bertz CT molecular complexity index is 1100. The van der Waals surface area contributed by atoms with Gasteiger partial charge in [0.1, 0.15) is 11.4 Å². The first kappa shape index (κ1) is 19.7. The van der Waals surface area contributed by atoms with Gasteiger partial charge in [0.25, 0.3) is 5.91 Å². The first-order valence-corrected chi connectivity index (χ1v) is 9.84. The molecule has 152 valence electrons. The second kappa shape index (κ2) is 9.24. The molecule has 2 aromatic carbocycles. The summed E-state index contributed by atoms with van der Waals surface area (Å²) in [7, 11) is 1.82. The predicted octanol–water partition coefficient (Wildman–Crippen LogP) is 3.86. The van der Waals surface area contributed by atoms with E-state index >= 15 is 0 Å². The van der Waals surface area contributed by atoms with Crippen molar-refractivity contribution in [2.75, 3.05) is 0 Å². The van der Waals surface area contributed by atoms with Crippen molar-refractivity contribution in [2.24, 2.45) is 7.05 Å². The Morgan fingerprint density at radius 2 is 1.63 bits per heavy atom. The number of hydrogen-bond acceptors (Lipinski definition) is 3. The van der Waals surface area contributed by atoms with Gasteiger partial charge in [0.15, 0.2) is 0 Å². The maximum Gasteiger partial charge on any atom is 0.256 e. The first-order valence-electron chi connectivity index (χ1n) is 9.84. The molecule has 0 aliphatic heterocycles. The van der Waals surface area contributed by atoms with Crippen LogP contribution in [0.25, 0.3) is 5.82 Å². The van der Waals surface area contributed by atoms with Crippen LogP contribution in [0.5, 0.6) is 0 Å². The Hall–Kier alpha value is -3.64. The zero-order valence-corrected chi connectivity index (χ0v) is 16.9. The molecule has 0 atom stereocenters. The van der Waals surface area contributed by atoms with Gasteiger partial charge in [0.05, 0.1) is 19.4 Å². The van der Waals surface area contributed by atoms with Crippen molar-refractivity contribution in [1.29, 1.82) is 0 Å². The van der Waals surface area contributed by atoms with Crippen molar-refractivity contribution >= 4 is 5.91 Å². The monoisotopic (exact) mass is 400 g/mol. The Labute approximate surface area is 175 Å². The molecule has 1 N–H and O–H groups in total. The SMILES string of the molecule is Cn1ncc(C(=O)NCc2cccc(COCc3ccccc3)c2)c1-n1cccc1. The lowest BCUT2D eigenvalue weighted by atomic mass is 10.1. The summed E-state index contributed by atoms with van der Waals surface area (Å²) in [4.78, 5) is 12.8. The zero-order chi connectivity index (χ0) is 20.8. The number of benzene rings is 2. The average Bonchev–Trinajstić information content (AvgIpc) is 3.42. The molecular formula is C24H24N4O2. The molecule has 0 saturated heterocycles. The lowest BCUT2D eigenvalue weighted by Gasteiger charge is -2.10. The molecular weight excluding hydrogens is 376 g/mol. The van der Waals surface area contributed by atoms with E-state index in [0.29, 0.717) is 25.3 Å². The van der Waals surface area contributed by atoms with E-state index in [2.05, 4.69) is 16.5 Å². The summed E-state index contributed by atoms with van der Waals surface area (Å²) in [6.45, 7) is 1.54. The fourth-order valence-corrected chi connectivity index (χ4v) is 3.34. The van der Waals surface area contributed by atoms with Crippen molar-refractivity contribution in [3.8, 4) is 5.82 Å². The number of nitrogens with zero attached hydrogens (tertiary/aromatic N) is 3. The molecule has 0 radical (unpaired) electrons. The molecule has 2 aromatic heterocycles. The smallest absolute Gasteiger partial charge is 0.256 e. The minimum absolute atomic E-state index is 0.155. The quantitative estimate of drug-likeness (QED) is 0.489. The van der Waals surface area contributed by atoms with Gasteiger partial charge in [-0.1, -0.05) is 54.6 Å². The van der Waals surface area contributed by atoms with Crippen LogP contribution >= 0.6 is 0 Å². The van der Waals surface area contributed by atoms with E-state index in [9.17, 15) is 4.79 Å². The van der Waals surface area contributed by atoms with Gasteiger partial charge in [-0.15, -0.1) is 0 Å². The predicted molar refractivity (Wildman–Crippen MR) is 115 cm³/mol. The Morgan fingerprint density at radius 1 is 0.933 bits per heavy atom. The summed E-state index contributed by atoms with van der Waals surface area (Å²) < 4.78 is 9.39. The van der Waals surface area contributed by atoms with Crippen LogP contribution < -0.4 is 5.32 Å². The van der Waals surface area contributed by atoms with Crippen molar-refractivity contribution in [1.82, 2.24) is 19.7 Å². The van der Waals surface area contributed by atoms with E-state index in [1.165, 1.54) is 0 Å². The van der Waals surface area contributed by atoms with Crippen molar-refractivity contribution < 1.29 is 9.53 Å². The molecule has 0 unspecified atom stereocenters. The summed E-state index contributed by atoms with van der Waals surface area (Å²) in [6, 6.07) is 22.0. The van der Waals surface area contributed by atoms with Gasteiger partial charge < -0.3 is 14.6 Å². The third kappa shape index (κ3) is 4.67. The number of amides is 1. The molecule has 0 fully saturated rings. The first-order chi connectivity index (χ1) is 14.7. The van der Waals surface area contributed by atoms with E-state index in [-0.39, 0.29) is 5.91 Å². The number of nitrogens with one attached hydrogen (secondary N) is 1. The standard InChI is InChI=1S/C24H24N4O2/c1-27-24(28-12-5-6-13-28)22(16-26-27)23(29)25-15-20-10-7-11-21(14-20)18-30-17-19-8-3-2-4-9-19/h2-14,16H,15,17-18H2,1H3,(H,25,29). The number of aromatic nitrogens is 3. The highest BCUT2D eigenvalue weighted by molar-refractivity contribution is 5.97. The van der Waals surface area contributed by atoms with E-state index < -0.39 is 0 Å².